The Morgan fingerprint density at radius 2 is 1.71 bits per heavy atom. The van der Waals surface area contributed by atoms with Gasteiger partial charge in [-0.1, -0.05) is 17.7 Å². The second kappa shape index (κ2) is 6.79. The number of benzene rings is 1. The molecule has 0 spiro atoms. The van der Waals surface area contributed by atoms with E-state index in [2.05, 4.69) is 10.0 Å². The molecule has 5 heteroatoms. The summed E-state index contributed by atoms with van der Waals surface area (Å²) in [6.07, 6.45) is 2.91. The number of nitrogens with one attached hydrogen (secondary N) is 2. The Labute approximate surface area is 128 Å². The largest absolute Gasteiger partial charge is 0.317 e. The van der Waals surface area contributed by atoms with Crippen LogP contribution in [-0.2, 0) is 10.0 Å². The fourth-order valence-electron chi connectivity index (χ4n) is 3.04. The van der Waals surface area contributed by atoms with Crippen LogP contribution in [-0.4, -0.2) is 27.3 Å². The molecule has 1 fully saturated rings. The summed E-state index contributed by atoms with van der Waals surface area (Å²) in [6.45, 7) is 7.94. The molecule has 0 aromatic heterocycles. The van der Waals surface area contributed by atoms with Crippen LogP contribution in [0.1, 0.15) is 36.0 Å². The van der Waals surface area contributed by atoms with Crippen LogP contribution in [0, 0.1) is 26.7 Å². The van der Waals surface area contributed by atoms with E-state index in [1.807, 2.05) is 32.9 Å². The maximum Gasteiger partial charge on any atom is 0.232 e. The van der Waals surface area contributed by atoms with Crippen molar-refractivity contribution in [3.63, 3.8) is 0 Å². The van der Waals surface area contributed by atoms with E-state index in [1.165, 1.54) is 0 Å². The van der Waals surface area contributed by atoms with E-state index in [9.17, 15) is 8.42 Å². The lowest BCUT2D eigenvalue weighted by molar-refractivity contribution is 0.365. The Bertz CT molecular complexity index is 567. The minimum atomic E-state index is -3.26. The van der Waals surface area contributed by atoms with Gasteiger partial charge in [-0.2, -0.15) is 0 Å². The SMILES string of the molecule is Cc1cc(C)c(NS(=O)(=O)CCC2CCNCC2)c(C)c1. The van der Waals surface area contributed by atoms with E-state index in [1.54, 1.807) is 0 Å². The summed E-state index contributed by atoms with van der Waals surface area (Å²) >= 11 is 0. The molecule has 2 N–H and O–H groups in total. The van der Waals surface area contributed by atoms with E-state index in [0.717, 1.165) is 54.7 Å². The molecule has 0 amide bonds. The average Bonchev–Trinajstić information content (AvgIpc) is 2.42. The van der Waals surface area contributed by atoms with Gasteiger partial charge in [0.2, 0.25) is 10.0 Å². The minimum absolute atomic E-state index is 0.213. The highest BCUT2D eigenvalue weighted by Gasteiger charge is 2.19. The summed E-state index contributed by atoms with van der Waals surface area (Å²) in [5.41, 5.74) is 3.87. The van der Waals surface area contributed by atoms with Crippen molar-refractivity contribution in [1.29, 1.82) is 0 Å². The summed E-state index contributed by atoms with van der Waals surface area (Å²) in [5.74, 6) is 0.743. The molecule has 1 aromatic rings. The van der Waals surface area contributed by atoms with Crippen molar-refractivity contribution in [3.05, 3.63) is 28.8 Å². The van der Waals surface area contributed by atoms with Gasteiger partial charge in [0.1, 0.15) is 0 Å². The Balaban J connectivity index is 2.00. The van der Waals surface area contributed by atoms with Gasteiger partial charge >= 0.3 is 0 Å². The smallest absolute Gasteiger partial charge is 0.232 e. The van der Waals surface area contributed by atoms with Gasteiger partial charge in [0, 0.05) is 0 Å². The van der Waals surface area contributed by atoms with Gasteiger partial charge in [0.05, 0.1) is 11.4 Å². The van der Waals surface area contributed by atoms with Gasteiger partial charge in [0.25, 0.3) is 0 Å². The van der Waals surface area contributed by atoms with Gasteiger partial charge in [-0.15, -0.1) is 0 Å². The molecule has 1 aliphatic heterocycles. The van der Waals surface area contributed by atoms with E-state index in [4.69, 9.17) is 0 Å². The summed E-state index contributed by atoms with van der Waals surface area (Å²) in [7, 11) is -3.26. The molecule has 1 saturated heterocycles. The van der Waals surface area contributed by atoms with E-state index in [0.29, 0.717) is 5.92 Å². The summed E-state index contributed by atoms with van der Waals surface area (Å²) in [5, 5.41) is 3.31. The highest BCUT2D eigenvalue weighted by Crippen LogP contribution is 2.24. The molecule has 1 aromatic carbocycles. The van der Waals surface area contributed by atoms with Crippen molar-refractivity contribution in [2.45, 2.75) is 40.0 Å². The number of aryl methyl sites for hydroxylation is 3. The van der Waals surface area contributed by atoms with Gasteiger partial charge < -0.3 is 5.32 Å². The lowest BCUT2D eigenvalue weighted by atomic mass is 9.96. The minimum Gasteiger partial charge on any atom is -0.317 e. The lowest BCUT2D eigenvalue weighted by Gasteiger charge is -2.22. The molecule has 21 heavy (non-hydrogen) atoms. The monoisotopic (exact) mass is 310 g/mol. The molecule has 1 aliphatic rings. The molecule has 0 unspecified atom stereocenters. The van der Waals surface area contributed by atoms with Gasteiger partial charge in [-0.05, 0) is 70.2 Å². The fraction of sp³-hybridized carbons (Fsp3) is 0.625. The van der Waals surface area contributed by atoms with E-state index in [-0.39, 0.29) is 5.75 Å². The molecule has 0 bridgehead atoms. The van der Waals surface area contributed by atoms with Crippen LogP contribution in [0.3, 0.4) is 0 Å². The first kappa shape index (κ1) is 16.3. The van der Waals surface area contributed by atoms with Crippen molar-refractivity contribution in [2.24, 2.45) is 5.92 Å². The van der Waals surface area contributed by atoms with Crippen molar-refractivity contribution in [3.8, 4) is 0 Å². The average molecular weight is 310 g/mol. The zero-order chi connectivity index (χ0) is 15.5. The fourth-order valence-corrected chi connectivity index (χ4v) is 4.42. The molecular formula is C16H26N2O2S. The standard InChI is InChI=1S/C16H26N2O2S/c1-12-10-13(2)16(14(3)11-12)18-21(19,20)9-6-15-4-7-17-8-5-15/h10-11,15,17-18H,4-9H2,1-3H3. The zero-order valence-electron chi connectivity index (χ0n) is 13.2. The Morgan fingerprint density at radius 3 is 2.29 bits per heavy atom. The quantitative estimate of drug-likeness (QED) is 0.879. The van der Waals surface area contributed by atoms with Crippen LogP contribution in [0.25, 0.3) is 0 Å². The molecule has 1 heterocycles. The van der Waals surface area contributed by atoms with Crippen LogP contribution in [0.5, 0.6) is 0 Å². The van der Waals surface area contributed by atoms with Crippen LogP contribution in [0.15, 0.2) is 12.1 Å². The maximum atomic E-state index is 12.3. The predicted molar refractivity (Wildman–Crippen MR) is 88.3 cm³/mol. The third kappa shape index (κ3) is 4.71. The van der Waals surface area contributed by atoms with Crippen molar-refractivity contribution >= 4 is 15.7 Å². The number of rotatable bonds is 5. The van der Waals surface area contributed by atoms with Gasteiger partial charge in [-0.3, -0.25) is 4.72 Å². The highest BCUT2D eigenvalue weighted by molar-refractivity contribution is 7.92. The molecule has 0 atom stereocenters. The van der Waals surface area contributed by atoms with Crippen LogP contribution >= 0.6 is 0 Å². The predicted octanol–water partition coefficient (Wildman–Crippen LogP) is 2.74. The molecule has 0 radical (unpaired) electrons. The molecule has 2 rings (SSSR count). The Morgan fingerprint density at radius 1 is 1.14 bits per heavy atom. The Hall–Kier alpha value is -1.07. The first-order chi connectivity index (χ1) is 9.87. The molecule has 0 aliphatic carbocycles. The number of hydrogen-bond acceptors (Lipinski definition) is 3. The van der Waals surface area contributed by atoms with Crippen molar-refractivity contribution in [1.82, 2.24) is 5.32 Å². The third-order valence-electron chi connectivity index (χ3n) is 4.19. The second-order valence-corrected chi connectivity index (χ2v) is 8.02. The maximum absolute atomic E-state index is 12.3. The summed E-state index contributed by atoms with van der Waals surface area (Å²) < 4.78 is 27.4. The van der Waals surface area contributed by atoms with E-state index < -0.39 is 10.0 Å². The summed E-state index contributed by atoms with van der Waals surface area (Å²) in [6, 6.07) is 4.02. The Kier molecular flexibility index (Phi) is 5.27. The normalized spacial score (nSPS) is 16.9. The van der Waals surface area contributed by atoms with Crippen LogP contribution < -0.4 is 10.0 Å². The van der Waals surface area contributed by atoms with Crippen LogP contribution in [0.4, 0.5) is 5.69 Å². The molecule has 118 valence electrons. The third-order valence-corrected chi connectivity index (χ3v) is 5.48. The number of hydrogen-bond donors (Lipinski definition) is 2. The van der Waals surface area contributed by atoms with Gasteiger partial charge in [-0.25, -0.2) is 8.42 Å². The topological polar surface area (TPSA) is 58.2 Å². The number of sulfonamides is 1. The molecular weight excluding hydrogens is 284 g/mol. The van der Waals surface area contributed by atoms with Gasteiger partial charge in [0.15, 0.2) is 0 Å². The number of anilines is 1. The highest BCUT2D eigenvalue weighted by atomic mass is 32.2. The van der Waals surface area contributed by atoms with Crippen molar-refractivity contribution in [2.75, 3.05) is 23.6 Å². The molecule has 4 nitrogen and oxygen atoms in total. The first-order valence-electron chi connectivity index (χ1n) is 7.66. The lowest BCUT2D eigenvalue weighted by Crippen LogP contribution is -2.29. The van der Waals surface area contributed by atoms with E-state index >= 15 is 0 Å². The molecule has 0 saturated carbocycles. The number of piperidine rings is 1. The second-order valence-electron chi connectivity index (χ2n) is 6.18. The van der Waals surface area contributed by atoms with Crippen LogP contribution in [0.2, 0.25) is 0 Å². The van der Waals surface area contributed by atoms with Crippen molar-refractivity contribution < 1.29 is 8.42 Å². The summed E-state index contributed by atoms with van der Waals surface area (Å²) in [4.78, 5) is 0. The zero-order valence-corrected chi connectivity index (χ0v) is 14.0. The first-order valence-corrected chi connectivity index (χ1v) is 9.31.